The van der Waals surface area contributed by atoms with Crippen LogP contribution in [0.2, 0.25) is 0 Å². The van der Waals surface area contributed by atoms with E-state index >= 15 is 0 Å². The lowest BCUT2D eigenvalue weighted by Gasteiger charge is -2.12. The van der Waals surface area contributed by atoms with Crippen molar-refractivity contribution in [3.05, 3.63) is 52.0 Å². The number of aryl methyl sites for hydroxylation is 1. The lowest BCUT2D eigenvalue weighted by Crippen LogP contribution is -2.26. The SMILES string of the molecule is COc1cccc(C(O)CNC(=O)/C=C/c2cnc(C)s2)c1. The Kier molecular flexibility index (Phi) is 5.68. The van der Waals surface area contributed by atoms with Crippen molar-refractivity contribution in [2.24, 2.45) is 0 Å². The molecule has 1 aromatic carbocycles. The Morgan fingerprint density at radius 3 is 3.05 bits per heavy atom. The number of benzene rings is 1. The van der Waals surface area contributed by atoms with Crippen LogP contribution in [0.15, 0.2) is 36.5 Å². The molecule has 0 saturated heterocycles. The largest absolute Gasteiger partial charge is 0.497 e. The number of aliphatic hydroxyl groups excluding tert-OH is 1. The Bertz CT molecular complexity index is 667. The third kappa shape index (κ3) is 4.68. The summed E-state index contributed by atoms with van der Waals surface area (Å²) >= 11 is 1.51. The van der Waals surface area contributed by atoms with Crippen LogP contribution in [0.3, 0.4) is 0 Å². The van der Waals surface area contributed by atoms with Gasteiger partial charge in [-0.1, -0.05) is 12.1 Å². The van der Waals surface area contributed by atoms with Crippen molar-refractivity contribution in [3.63, 3.8) is 0 Å². The third-order valence-corrected chi connectivity index (χ3v) is 3.86. The molecule has 0 saturated carbocycles. The highest BCUT2D eigenvalue weighted by Crippen LogP contribution is 2.18. The van der Waals surface area contributed by atoms with E-state index < -0.39 is 6.10 Å². The number of nitrogens with zero attached hydrogens (tertiary/aromatic N) is 1. The van der Waals surface area contributed by atoms with Gasteiger partial charge in [0.15, 0.2) is 0 Å². The topological polar surface area (TPSA) is 71.5 Å². The molecule has 1 atom stereocenters. The van der Waals surface area contributed by atoms with Crippen molar-refractivity contribution in [3.8, 4) is 5.75 Å². The van der Waals surface area contributed by atoms with Gasteiger partial charge in [0.05, 0.1) is 18.2 Å². The van der Waals surface area contributed by atoms with E-state index in [1.165, 1.54) is 17.4 Å². The second kappa shape index (κ2) is 7.72. The van der Waals surface area contributed by atoms with Gasteiger partial charge in [0, 0.05) is 23.7 Å². The fraction of sp³-hybridized carbons (Fsp3) is 0.250. The fourth-order valence-corrected chi connectivity index (χ4v) is 2.52. The van der Waals surface area contributed by atoms with Crippen LogP contribution in [0, 0.1) is 6.92 Å². The zero-order valence-corrected chi connectivity index (χ0v) is 13.3. The van der Waals surface area contributed by atoms with Gasteiger partial charge in [0.25, 0.3) is 0 Å². The first-order valence-corrected chi connectivity index (χ1v) is 7.60. The van der Waals surface area contributed by atoms with Crippen molar-refractivity contribution >= 4 is 23.3 Å². The molecule has 116 valence electrons. The zero-order chi connectivity index (χ0) is 15.9. The summed E-state index contributed by atoms with van der Waals surface area (Å²) in [5, 5.41) is 13.7. The molecule has 0 radical (unpaired) electrons. The predicted molar refractivity (Wildman–Crippen MR) is 86.8 cm³/mol. The summed E-state index contributed by atoms with van der Waals surface area (Å²) < 4.78 is 5.11. The highest BCUT2D eigenvalue weighted by molar-refractivity contribution is 7.12. The standard InChI is InChI=1S/C16H18N2O3S/c1-11-17-9-14(22-11)6-7-16(20)18-10-15(19)12-4-3-5-13(8-12)21-2/h3-9,15,19H,10H2,1-2H3,(H,18,20)/b7-6+. The number of hydrogen-bond donors (Lipinski definition) is 2. The van der Waals surface area contributed by atoms with E-state index in [1.807, 2.05) is 6.92 Å². The molecule has 2 rings (SSSR count). The number of aliphatic hydroxyl groups is 1. The molecule has 6 heteroatoms. The number of hydrogen-bond acceptors (Lipinski definition) is 5. The summed E-state index contributed by atoms with van der Waals surface area (Å²) in [6.45, 7) is 2.05. The molecular formula is C16H18N2O3S. The Morgan fingerprint density at radius 2 is 2.36 bits per heavy atom. The summed E-state index contributed by atoms with van der Waals surface area (Å²) in [4.78, 5) is 16.8. The van der Waals surface area contributed by atoms with Gasteiger partial charge >= 0.3 is 0 Å². The van der Waals surface area contributed by atoms with Crippen molar-refractivity contribution in [1.82, 2.24) is 10.3 Å². The highest BCUT2D eigenvalue weighted by atomic mass is 32.1. The summed E-state index contributed by atoms with van der Waals surface area (Å²) in [5.74, 6) is 0.413. The number of ether oxygens (including phenoxy) is 1. The zero-order valence-electron chi connectivity index (χ0n) is 12.4. The summed E-state index contributed by atoms with van der Waals surface area (Å²) in [6.07, 6.45) is 4.08. The molecule has 2 aromatic rings. The van der Waals surface area contributed by atoms with Crippen LogP contribution in [0.25, 0.3) is 6.08 Å². The maximum Gasteiger partial charge on any atom is 0.244 e. The lowest BCUT2D eigenvalue weighted by molar-refractivity contribution is -0.116. The molecule has 1 aromatic heterocycles. The minimum atomic E-state index is -0.780. The Hall–Kier alpha value is -2.18. The van der Waals surface area contributed by atoms with Gasteiger partial charge in [0.1, 0.15) is 5.75 Å². The van der Waals surface area contributed by atoms with Crippen LogP contribution in [-0.2, 0) is 4.79 Å². The average molecular weight is 318 g/mol. The first-order valence-electron chi connectivity index (χ1n) is 6.79. The fourth-order valence-electron chi connectivity index (χ4n) is 1.84. The van der Waals surface area contributed by atoms with Crippen molar-refractivity contribution in [1.29, 1.82) is 0 Å². The number of aromatic nitrogens is 1. The van der Waals surface area contributed by atoms with Gasteiger partial charge in [-0.2, -0.15) is 0 Å². The second-order valence-corrected chi connectivity index (χ2v) is 5.92. The minimum absolute atomic E-state index is 0.137. The van der Waals surface area contributed by atoms with Crippen LogP contribution in [0.5, 0.6) is 5.75 Å². The van der Waals surface area contributed by atoms with Crippen LogP contribution < -0.4 is 10.1 Å². The molecule has 22 heavy (non-hydrogen) atoms. The molecule has 5 nitrogen and oxygen atoms in total. The van der Waals surface area contributed by atoms with Gasteiger partial charge in [-0.3, -0.25) is 4.79 Å². The third-order valence-electron chi connectivity index (χ3n) is 2.99. The van der Waals surface area contributed by atoms with Crippen LogP contribution in [0.4, 0.5) is 0 Å². The quantitative estimate of drug-likeness (QED) is 0.802. The van der Waals surface area contributed by atoms with Gasteiger partial charge in [-0.05, 0) is 30.7 Å². The predicted octanol–water partition coefficient (Wildman–Crippen LogP) is 2.32. The molecule has 0 fully saturated rings. The molecule has 0 aliphatic heterocycles. The molecular weight excluding hydrogens is 300 g/mol. The van der Waals surface area contributed by atoms with Crippen molar-refractivity contribution < 1.29 is 14.6 Å². The molecule has 2 N–H and O–H groups in total. The number of amides is 1. The normalized spacial score (nSPS) is 12.3. The van der Waals surface area contributed by atoms with E-state index in [2.05, 4.69) is 10.3 Å². The van der Waals surface area contributed by atoms with Gasteiger partial charge in [-0.15, -0.1) is 11.3 Å². The average Bonchev–Trinajstić information content (AvgIpc) is 2.96. The van der Waals surface area contributed by atoms with E-state index in [0.29, 0.717) is 11.3 Å². The maximum atomic E-state index is 11.7. The van der Waals surface area contributed by atoms with Crippen LogP contribution in [0.1, 0.15) is 21.6 Å². The Morgan fingerprint density at radius 1 is 1.55 bits per heavy atom. The minimum Gasteiger partial charge on any atom is -0.497 e. The molecule has 0 aliphatic carbocycles. The lowest BCUT2D eigenvalue weighted by atomic mass is 10.1. The van der Waals surface area contributed by atoms with E-state index in [0.717, 1.165) is 9.88 Å². The number of carbonyl (C=O) groups is 1. The number of rotatable bonds is 6. The van der Waals surface area contributed by atoms with E-state index in [1.54, 1.807) is 43.6 Å². The highest BCUT2D eigenvalue weighted by Gasteiger charge is 2.09. The van der Waals surface area contributed by atoms with Crippen LogP contribution in [-0.4, -0.2) is 29.7 Å². The van der Waals surface area contributed by atoms with Gasteiger partial charge in [0.2, 0.25) is 5.91 Å². The number of methoxy groups -OCH3 is 1. The molecule has 0 aliphatic rings. The summed E-state index contributed by atoms with van der Waals surface area (Å²) in [5.41, 5.74) is 0.696. The first-order chi connectivity index (χ1) is 10.6. The monoisotopic (exact) mass is 318 g/mol. The molecule has 0 bridgehead atoms. The second-order valence-electron chi connectivity index (χ2n) is 4.65. The van der Waals surface area contributed by atoms with Crippen molar-refractivity contribution in [2.45, 2.75) is 13.0 Å². The van der Waals surface area contributed by atoms with E-state index in [-0.39, 0.29) is 12.5 Å². The number of thiazole rings is 1. The Balaban J connectivity index is 1.86. The van der Waals surface area contributed by atoms with Crippen molar-refractivity contribution in [2.75, 3.05) is 13.7 Å². The first kappa shape index (κ1) is 16.2. The Labute approximate surface area is 133 Å². The molecule has 1 heterocycles. The number of carbonyl (C=O) groups excluding carboxylic acids is 1. The number of nitrogens with one attached hydrogen (secondary N) is 1. The maximum absolute atomic E-state index is 11.7. The molecule has 1 amide bonds. The molecule has 1 unspecified atom stereocenters. The smallest absolute Gasteiger partial charge is 0.244 e. The summed E-state index contributed by atoms with van der Waals surface area (Å²) in [6, 6.07) is 7.13. The van der Waals surface area contributed by atoms with Gasteiger partial charge < -0.3 is 15.2 Å². The van der Waals surface area contributed by atoms with E-state index in [4.69, 9.17) is 4.74 Å². The molecule has 0 spiro atoms. The van der Waals surface area contributed by atoms with Crippen LogP contribution >= 0.6 is 11.3 Å². The van der Waals surface area contributed by atoms with Gasteiger partial charge in [-0.25, -0.2) is 4.98 Å². The van der Waals surface area contributed by atoms with E-state index in [9.17, 15) is 9.90 Å². The summed E-state index contributed by atoms with van der Waals surface area (Å²) in [7, 11) is 1.57.